The van der Waals surface area contributed by atoms with Gasteiger partial charge in [-0.05, 0) is 23.3 Å². The molecule has 82 valence electrons. The van der Waals surface area contributed by atoms with E-state index in [1.54, 1.807) is 18.2 Å². The first-order chi connectivity index (χ1) is 7.00. The molecule has 1 aromatic rings. The highest BCUT2D eigenvalue weighted by molar-refractivity contribution is 7.77. The highest BCUT2D eigenvalue weighted by Crippen LogP contribution is 2.25. The SMILES string of the molecule is C=C(CNS(=O)O)c1ccc(Cl)c(Cl)c1. The molecule has 1 rings (SSSR count). The third kappa shape index (κ3) is 3.93. The molecule has 2 N–H and O–H groups in total. The van der Waals surface area contributed by atoms with Gasteiger partial charge >= 0.3 is 0 Å². The Bertz CT molecular complexity index is 409. The van der Waals surface area contributed by atoms with Crippen LogP contribution < -0.4 is 4.72 Å². The lowest BCUT2D eigenvalue weighted by molar-refractivity contribution is 0.553. The van der Waals surface area contributed by atoms with Gasteiger partial charge in [0.1, 0.15) is 0 Å². The maximum atomic E-state index is 10.4. The van der Waals surface area contributed by atoms with Crippen molar-refractivity contribution in [3.05, 3.63) is 40.4 Å². The van der Waals surface area contributed by atoms with Crippen molar-refractivity contribution in [1.29, 1.82) is 0 Å². The zero-order valence-corrected chi connectivity index (χ0v) is 9.99. The van der Waals surface area contributed by atoms with E-state index in [-0.39, 0.29) is 6.54 Å². The highest BCUT2D eigenvalue weighted by Gasteiger charge is 2.03. The second-order valence-corrected chi connectivity index (χ2v) is 4.40. The molecule has 0 aliphatic rings. The summed E-state index contributed by atoms with van der Waals surface area (Å²) < 4.78 is 21.2. The molecule has 0 saturated carbocycles. The second-order valence-electron chi connectivity index (χ2n) is 2.80. The average molecular weight is 266 g/mol. The molecule has 3 nitrogen and oxygen atoms in total. The molecule has 1 unspecified atom stereocenters. The van der Waals surface area contributed by atoms with Crippen molar-refractivity contribution in [3.63, 3.8) is 0 Å². The summed E-state index contributed by atoms with van der Waals surface area (Å²) in [6.45, 7) is 3.97. The lowest BCUT2D eigenvalue weighted by Crippen LogP contribution is -2.18. The Kier molecular flexibility index (Phi) is 4.76. The van der Waals surface area contributed by atoms with Gasteiger partial charge in [0.2, 0.25) is 11.3 Å². The smallest absolute Gasteiger partial charge is 0.232 e. The quantitative estimate of drug-likeness (QED) is 0.823. The van der Waals surface area contributed by atoms with Crippen molar-refractivity contribution in [2.75, 3.05) is 6.54 Å². The van der Waals surface area contributed by atoms with Crippen LogP contribution in [0.2, 0.25) is 10.0 Å². The van der Waals surface area contributed by atoms with Crippen LogP contribution in [-0.2, 0) is 11.3 Å². The Morgan fingerprint density at radius 3 is 2.67 bits per heavy atom. The third-order valence-electron chi connectivity index (χ3n) is 1.74. The van der Waals surface area contributed by atoms with Crippen molar-refractivity contribution >= 4 is 40.0 Å². The maximum Gasteiger partial charge on any atom is 0.232 e. The molecular formula is C9H9Cl2NO2S. The maximum absolute atomic E-state index is 10.4. The van der Waals surface area contributed by atoms with Gasteiger partial charge in [-0.2, -0.15) is 0 Å². The summed E-state index contributed by atoms with van der Waals surface area (Å²) in [5.74, 6) is 0. The summed E-state index contributed by atoms with van der Waals surface area (Å²) in [7, 11) is 0. The van der Waals surface area contributed by atoms with Crippen molar-refractivity contribution in [2.45, 2.75) is 0 Å². The minimum absolute atomic E-state index is 0.209. The van der Waals surface area contributed by atoms with Gasteiger partial charge in [-0.25, -0.2) is 8.93 Å². The molecule has 6 heteroatoms. The summed E-state index contributed by atoms with van der Waals surface area (Å²) in [6.07, 6.45) is 0. The molecule has 0 amide bonds. The molecular weight excluding hydrogens is 257 g/mol. The van der Waals surface area contributed by atoms with Crippen LogP contribution in [0.3, 0.4) is 0 Å². The summed E-state index contributed by atoms with van der Waals surface area (Å²) in [4.78, 5) is 0. The normalized spacial score (nSPS) is 12.5. The van der Waals surface area contributed by atoms with E-state index in [0.29, 0.717) is 15.6 Å². The predicted octanol–water partition coefficient (Wildman–Crippen LogP) is 2.73. The van der Waals surface area contributed by atoms with Gasteiger partial charge in [-0.15, -0.1) is 0 Å². The predicted molar refractivity (Wildman–Crippen MR) is 64.3 cm³/mol. The fourth-order valence-electron chi connectivity index (χ4n) is 0.967. The summed E-state index contributed by atoms with van der Waals surface area (Å²) >= 11 is 9.53. The first-order valence-electron chi connectivity index (χ1n) is 3.98. The zero-order chi connectivity index (χ0) is 11.4. The molecule has 0 heterocycles. The van der Waals surface area contributed by atoms with E-state index >= 15 is 0 Å². The molecule has 0 saturated heterocycles. The largest absolute Gasteiger partial charge is 0.294 e. The van der Waals surface area contributed by atoms with Gasteiger partial charge < -0.3 is 0 Å². The number of hydrogen-bond donors (Lipinski definition) is 2. The van der Waals surface area contributed by atoms with Crippen LogP contribution in [-0.4, -0.2) is 15.3 Å². The van der Waals surface area contributed by atoms with Crippen molar-refractivity contribution in [3.8, 4) is 0 Å². The molecule has 0 aliphatic heterocycles. The third-order valence-corrected chi connectivity index (χ3v) is 2.87. The van der Waals surface area contributed by atoms with Gasteiger partial charge in [0.05, 0.1) is 10.0 Å². The molecule has 0 radical (unpaired) electrons. The number of nitrogens with one attached hydrogen (secondary N) is 1. The van der Waals surface area contributed by atoms with E-state index in [4.69, 9.17) is 27.8 Å². The van der Waals surface area contributed by atoms with Crippen molar-refractivity contribution < 1.29 is 8.76 Å². The number of hydrogen-bond acceptors (Lipinski definition) is 1. The van der Waals surface area contributed by atoms with E-state index in [2.05, 4.69) is 11.3 Å². The first-order valence-corrected chi connectivity index (χ1v) is 5.84. The fourth-order valence-corrected chi connectivity index (χ4v) is 1.56. The van der Waals surface area contributed by atoms with Gasteiger partial charge in [-0.1, -0.05) is 35.8 Å². The Morgan fingerprint density at radius 2 is 2.13 bits per heavy atom. The minimum atomic E-state index is -2.04. The second kappa shape index (κ2) is 5.63. The number of rotatable bonds is 4. The molecule has 0 fully saturated rings. The van der Waals surface area contributed by atoms with E-state index < -0.39 is 11.3 Å². The van der Waals surface area contributed by atoms with Gasteiger partial charge in [0.15, 0.2) is 0 Å². The van der Waals surface area contributed by atoms with Crippen LogP contribution in [0.4, 0.5) is 0 Å². The lowest BCUT2D eigenvalue weighted by atomic mass is 10.1. The molecule has 0 bridgehead atoms. The highest BCUT2D eigenvalue weighted by atomic mass is 35.5. The molecule has 1 atom stereocenters. The van der Waals surface area contributed by atoms with E-state index in [1.165, 1.54) is 0 Å². The summed E-state index contributed by atoms with van der Waals surface area (Å²) in [5.41, 5.74) is 1.44. The van der Waals surface area contributed by atoms with Gasteiger partial charge in [0, 0.05) is 6.54 Å². The summed E-state index contributed by atoms with van der Waals surface area (Å²) in [5, 5.41) is 0.896. The Labute approximate surface area is 101 Å². The topological polar surface area (TPSA) is 49.3 Å². The molecule has 0 spiro atoms. The van der Waals surface area contributed by atoms with Crippen LogP contribution in [0.15, 0.2) is 24.8 Å². The zero-order valence-electron chi connectivity index (χ0n) is 7.67. The number of benzene rings is 1. The standard InChI is InChI=1S/C9H9Cl2NO2S/c1-6(5-12-15(13)14)7-2-3-8(10)9(11)4-7/h2-4,12H,1,5H2,(H,13,14). The lowest BCUT2D eigenvalue weighted by Gasteiger charge is -2.06. The summed E-state index contributed by atoms with van der Waals surface area (Å²) in [6, 6.07) is 5.06. The van der Waals surface area contributed by atoms with Crippen LogP contribution in [0, 0.1) is 0 Å². The Hall–Kier alpha value is -0.390. The molecule has 1 aromatic carbocycles. The molecule has 0 aromatic heterocycles. The van der Waals surface area contributed by atoms with Crippen LogP contribution in [0.1, 0.15) is 5.56 Å². The average Bonchev–Trinajstić information content (AvgIpc) is 2.18. The van der Waals surface area contributed by atoms with Crippen LogP contribution in [0.5, 0.6) is 0 Å². The van der Waals surface area contributed by atoms with Gasteiger partial charge in [0.25, 0.3) is 0 Å². The molecule has 0 aliphatic carbocycles. The van der Waals surface area contributed by atoms with Crippen LogP contribution in [0.25, 0.3) is 5.57 Å². The van der Waals surface area contributed by atoms with Crippen LogP contribution >= 0.6 is 23.2 Å². The van der Waals surface area contributed by atoms with Gasteiger partial charge in [-0.3, -0.25) is 4.55 Å². The minimum Gasteiger partial charge on any atom is -0.294 e. The number of halogens is 2. The Morgan fingerprint density at radius 1 is 1.47 bits per heavy atom. The Balaban J connectivity index is 2.74. The first kappa shape index (κ1) is 12.7. The molecule has 15 heavy (non-hydrogen) atoms. The van der Waals surface area contributed by atoms with Crippen molar-refractivity contribution in [1.82, 2.24) is 4.72 Å². The fraction of sp³-hybridized carbons (Fsp3) is 0.111. The van der Waals surface area contributed by atoms with E-state index in [9.17, 15) is 4.21 Å². The van der Waals surface area contributed by atoms with E-state index in [0.717, 1.165) is 5.56 Å². The van der Waals surface area contributed by atoms with Crippen molar-refractivity contribution in [2.24, 2.45) is 0 Å². The monoisotopic (exact) mass is 265 g/mol. The van der Waals surface area contributed by atoms with E-state index in [1.807, 2.05) is 0 Å².